The van der Waals surface area contributed by atoms with E-state index in [9.17, 15) is 4.79 Å². The number of aryl methyl sites for hydroxylation is 1. The fourth-order valence-corrected chi connectivity index (χ4v) is 1.81. The molecule has 2 aromatic heterocycles. The van der Waals surface area contributed by atoms with Gasteiger partial charge in [-0.25, -0.2) is 9.61 Å². The molecule has 0 spiro atoms. The predicted molar refractivity (Wildman–Crippen MR) is 63.8 cm³/mol. The Morgan fingerprint density at radius 3 is 2.76 bits per heavy atom. The molecule has 3 rings (SSSR count). The first kappa shape index (κ1) is 9.77. The van der Waals surface area contributed by atoms with Crippen LogP contribution in [0.2, 0.25) is 0 Å². The van der Waals surface area contributed by atoms with E-state index >= 15 is 0 Å². The smallest absolute Gasteiger partial charge is 0.266 e. The molecular formula is C12H10N4O. The maximum Gasteiger partial charge on any atom is 0.290 e. The fourth-order valence-electron chi connectivity index (χ4n) is 1.81. The number of aromatic nitrogens is 4. The van der Waals surface area contributed by atoms with E-state index in [-0.39, 0.29) is 5.56 Å². The number of nitrogens with one attached hydrogen (secondary N) is 1. The molecule has 84 valence electrons. The highest BCUT2D eigenvalue weighted by Gasteiger charge is 2.09. The molecule has 2 heterocycles. The van der Waals surface area contributed by atoms with Crippen molar-refractivity contribution >= 4 is 5.52 Å². The molecule has 5 nitrogen and oxygen atoms in total. The number of fused-ring (bicyclic) bond motifs is 1. The van der Waals surface area contributed by atoms with Gasteiger partial charge >= 0.3 is 0 Å². The highest BCUT2D eigenvalue weighted by molar-refractivity contribution is 5.59. The summed E-state index contributed by atoms with van der Waals surface area (Å²) in [7, 11) is 0. The lowest BCUT2D eigenvalue weighted by molar-refractivity contribution is 0.849. The quantitative estimate of drug-likeness (QED) is 0.682. The van der Waals surface area contributed by atoms with Crippen LogP contribution in [0.4, 0.5) is 0 Å². The molecule has 0 bridgehead atoms. The average Bonchev–Trinajstić information content (AvgIpc) is 2.73. The number of aromatic amines is 1. The van der Waals surface area contributed by atoms with E-state index in [1.54, 1.807) is 10.6 Å². The second-order valence-electron chi connectivity index (χ2n) is 3.83. The summed E-state index contributed by atoms with van der Waals surface area (Å²) >= 11 is 0. The molecule has 0 amide bonds. The SMILES string of the molecule is Cc1cc2c(=O)[nH]nc(-c3ccccc3)n2n1. The van der Waals surface area contributed by atoms with Crippen LogP contribution in [0.5, 0.6) is 0 Å². The molecule has 0 unspecified atom stereocenters. The fraction of sp³-hybridized carbons (Fsp3) is 0.0833. The monoisotopic (exact) mass is 226 g/mol. The minimum atomic E-state index is -0.231. The van der Waals surface area contributed by atoms with E-state index < -0.39 is 0 Å². The minimum absolute atomic E-state index is 0.231. The Kier molecular flexibility index (Phi) is 2.04. The highest BCUT2D eigenvalue weighted by Crippen LogP contribution is 2.15. The number of hydrogen-bond donors (Lipinski definition) is 1. The van der Waals surface area contributed by atoms with Gasteiger partial charge in [-0.05, 0) is 13.0 Å². The van der Waals surface area contributed by atoms with Gasteiger partial charge in [0.15, 0.2) is 5.82 Å². The van der Waals surface area contributed by atoms with E-state index in [1.807, 2.05) is 37.3 Å². The Morgan fingerprint density at radius 2 is 2.00 bits per heavy atom. The van der Waals surface area contributed by atoms with Crippen molar-refractivity contribution in [3.63, 3.8) is 0 Å². The summed E-state index contributed by atoms with van der Waals surface area (Å²) in [4.78, 5) is 11.6. The minimum Gasteiger partial charge on any atom is -0.266 e. The zero-order chi connectivity index (χ0) is 11.8. The van der Waals surface area contributed by atoms with Crippen LogP contribution in [-0.2, 0) is 0 Å². The van der Waals surface area contributed by atoms with Gasteiger partial charge in [-0.1, -0.05) is 30.3 Å². The first-order valence-electron chi connectivity index (χ1n) is 5.26. The van der Waals surface area contributed by atoms with Crippen molar-refractivity contribution in [3.8, 4) is 11.4 Å². The van der Waals surface area contributed by atoms with Crippen molar-refractivity contribution in [3.05, 3.63) is 52.4 Å². The zero-order valence-corrected chi connectivity index (χ0v) is 9.21. The van der Waals surface area contributed by atoms with Gasteiger partial charge in [0.25, 0.3) is 5.56 Å². The van der Waals surface area contributed by atoms with Gasteiger partial charge in [0.1, 0.15) is 5.52 Å². The summed E-state index contributed by atoms with van der Waals surface area (Å²) in [6.07, 6.45) is 0. The van der Waals surface area contributed by atoms with Gasteiger partial charge in [0.2, 0.25) is 0 Å². The molecule has 0 saturated heterocycles. The molecule has 0 fully saturated rings. The number of hydrogen-bond acceptors (Lipinski definition) is 3. The lowest BCUT2D eigenvalue weighted by atomic mass is 10.2. The van der Waals surface area contributed by atoms with E-state index in [2.05, 4.69) is 15.3 Å². The number of H-pyrrole nitrogens is 1. The predicted octanol–water partition coefficient (Wildman–Crippen LogP) is 1.39. The Hall–Kier alpha value is -2.43. The maximum absolute atomic E-state index is 11.6. The van der Waals surface area contributed by atoms with Crippen LogP contribution in [-0.4, -0.2) is 19.8 Å². The van der Waals surface area contributed by atoms with Crippen molar-refractivity contribution in [2.24, 2.45) is 0 Å². The second-order valence-corrected chi connectivity index (χ2v) is 3.83. The van der Waals surface area contributed by atoms with Crippen LogP contribution in [0.3, 0.4) is 0 Å². The Labute approximate surface area is 96.7 Å². The van der Waals surface area contributed by atoms with Gasteiger partial charge in [0.05, 0.1) is 5.69 Å². The van der Waals surface area contributed by atoms with Gasteiger partial charge in [0, 0.05) is 5.56 Å². The third kappa shape index (κ3) is 1.52. The van der Waals surface area contributed by atoms with Crippen LogP contribution in [0.15, 0.2) is 41.2 Å². The van der Waals surface area contributed by atoms with Gasteiger partial charge in [-0.15, -0.1) is 0 Å². The lowest BCUT2D eigenvalue weighted by Crippen LogP contribution is -2.14. The first-order chi connectivity index (χ1) is 8.25. The van der Waals surface area contributed by atoms with E-state index in [0.29, 0.717) is 11.3 Å². The molecule has 3 aromatic rings. The topological polar surface area (TPSA) is 63.0 Å². The summed E-state index contributed by atoms with van der Waals surface area (Å²) in [6.45, 7) is 1.85. The van der Waals surface area contributed by atoms with E-state index in [1.165, 1.54) is 0 Å². The summed E-state index contributed by atoms with van der Waals surface area (Å²) in [6, 6.07) is 11.4. The summed E-state index contributed by atoms with van der Waals surface area (Å²) < 4.78 is 1.57. The van der Waals surface area contributed by atoms with Crippen LogP contribution in [0.1, 0.15) is 5.69 Å². The van der Waals surface area contributed by atoms with Crippen LogP contribution in [0, 0.1) is 6.92 Å². The lowest BCUT2D eigenvalue weighted by Gasteiger charge is -2.02. The number of rotatable bonds is 1. The largest absolute Gasteiger partial charge is 0.290 e. The summed E-state index contributed by atoms with van der Waals surface area (Å²) in [5.41, 5.74) is 1.99. The second kappa shape index (κ2) is 3.55. The van der Waals surface area contributed by atoms with E-state index in [4.69, 9.17) is 0 Å². The molecule has 1 aromatic carbocycles. The molecule has 1 N–H and O–H groups in total. The third-order valence-electron chi connectivity index (χ3n) is 2.56. The first-order valence-corrected chi connectivity index (χ1v) is 5.26. The molecule has 0 aliphatic rings. The molecule has 5 heteroatoms. The van der Waals surface area contributed by atoms with E-state index in [0.717, 1.165) is 11.3 Å². The molecule has 17 heavy (non-hydrogen) atoms. The number of nitrogens with zero attached hydrogens (tertiary/aromatic N) is 3. The van der Waals surface area contributed by atoms with Crippen molar-refractivity contribution < 1.29 is 0 Å². The van der Waals surface area contributed by atoms with Crippen molar-refractivity contribution in [2.45, 2.75) is 6.92 Å². The highest BCUT2D eigenvalue weighted by atomic mass is 16.1. The van der Waals surface area contributed by atoms with Crippen molar-refractivity contribution in [2.75, 3.05) is 0 Å². The van der Waals surface area contributed by atoms with Gasteiger partial charge < -0.3 is 0 Å². The molecule has 0 aliphatic heterocycles. The molecule has 0 saturated carbocycles. The summed E-state index contributed by atoms with van der Waals surface area (Å²) in [5, 5.41) is 10.8. The number of benzene rings is 1. The Bertz CT molecular complexity index is 727. The Balaban J connectivity index is 2.38. The third-order valence-corrected chi connectivity index (χ3v) is 2.56. The van der Waals surface area contributed by atoms with Crippen molar-refractivity contribution in [1.29, 1.82) is 0 Å². The van der Waals surface area contributed by atoms with Gasteiger partial charge in [-0.2, -0.15) is 10.2 Å². The van der Waals surface area contributed by atoms with Crippen LogP contribution < -0.4 is 5.56 Å². The Morgan fingerprint density at radius 1 is 1.24 bits per heavy atom. The maximum atomic E-state index is 11.6. The zero-order valence-electron chi connectivity index (χ0n) is 9.21. The molecular weight excluding hydrogens is 216 g/mol. The molecule has 0 radical (unpaired) electrons. The molecule has 0 atom stereocenters. The van der Waals surface area contributed by atoms with Crippen LogP contribution in [0.25, 0.3) is 16.9 Å². The van der Waals surface area contributed by atoms with Gasteiger partial charge in [-0.3, -0.25) is 4.79 Å². The van der Waals surface area contributed by atoms with Crippen molar-refractivity contribution in [1.82, 2.24) is 19.8 Å². The summed E-state index contributed by atoms with van der Waals surface area (Å²) in [5.74, 6) is 0.633. The molecule has 0 aliphatic carbocycles. The normalized spacial score (nSPS) is 10.9. The standard InChI is InChI=1S/C12H10N4O/c1-8-7-10-12(17)14-13-11(16(10)15-8)9-5-3-2-4-6-9/h2-7H,1H3,(H,14,17). The average molecular weight is 226 g/mol. The van der Waals surface area contributed by atoms with Crippen LogP contribution >= 0.6 is 0 Å².